The van der Waals surface area contributed by atoms with Gasteiger partial charge >= 0.3 is 0 Å². The molecule has 1 aromatic carbocycles. The summed E-state index contributed by atoms with van der Waals surface area (Å²) in [7, 11) is -3.48. The first-order valence-electron chi connectivity index (χ1n) is 9.40. The van der Waals surface area contributed by atoms with E-state index in [4.69, 9.17) is 16.3 Å². The van der Waals surface area contributed by atoms with Crippen molar-refractivity contribution in [2.24, 2.45) is 0 Å². The van der Waals surface area contributed by atoms with Crippen LogP contribution >= 0.6 is 11.6 Å². The van der Waals surface area contributed by atoms with Crippen molar-refractivity contribution in [2.45, 2.75) is 4.90 Å². The number of sulfonamides is 1. The Labute approximate surface area is 170 Å². The number of para-hydroxylation sites is 1. The van der Waals surface area contributed by atoms with Gasteiger partial charge < -0.3 is 9.64 Å². The van der Waals surface area contributed by atoms with Crippen LogP contribution in [0.2, 0.25) is 5.02 Å². The van der Waals surface area contributed by atoms with Crippen molar-refractivity contribution >= 4 is 33.1 Å². The summed E-state index contributed by atoms with van der Waals surface area (Å²) < 4.78 is 32.2. The van der Waals surface area contributed by atoms with E-state index in [1.165, 1.54) is 4.31 Å². The second-order valence-corrected chi connectivity index (χ2v) is 9.20. The van der Waals surface area contributed by atoms with E-state index in [0.717, 1.165) is 42.7 Å². The minimum Gasteiger partial charge on any atom is -0.379 e. The zero-order valence-corrected chi connectivity index (χ0v) is 17.1. The van der Waals surface area contributed by atoms with Crippen molar-refractivity contribution in [3.63, 3.8) is 0 Å². The molecule has 28 heavy (non-hydrogen) atoms. The maximum atomic E-state index is 12.7. The lowest BCUT2D eigenvalue weighted by Crippen LogP contribution is -2.48. The molecule has 2 aliphatic heterocycles. The van der Waals surface area contributed by atoms with E-state index in [1.807, 2.05) is 30.3 Å². The van der Waals surface area contributed by atoms with Crippen LogP contribution in [0.5, 0.6) is 0 Å². The van der Waals surface area contributed by atoms with Crippen molar-refractivity contribution in [2.75, 3.05) is 62.3 Å². The fourth-order valence-corrected chi connectivity index (χ4v) is 5.22. The van der Waals surface area contributed by atoms with Gasteiger partial charge in [0.25, 0.3) is 5.82 Å². The lowest BCUT2D eigenvalue weighted by molar-refractivity contribution is -0.367. The van der Waals surface area contributed by atoms with Crippen LogP contribution in [0.4, 0.5) is 11.5 Å². The predicted octanol–water partition coefficient (Wildman–Crippen LogP) is 1.50. The highest BCUT2D eigenvalue weighted by molar-refractivity contribution is 7.89. The van der Waals surface area contributed by atoms with E-state index in [1.54, 1.807) is 12.3 Å². The van der Waals surface area contributed by atoms with Crippen LogP contribution in [0.1, 0.15) is 0 Å². The molecule has 1 N–H and O–H groups in total. The second kappa shape index (κ2) is 8.24. The van der Waals surface area contributed by atoms with Crippen molar-refractivity contribution in [3.8, 4) is 0 Å². The predicted molar refractivity (Wildman–Crippen MR) is 108 cm³/mol. The number of morpholine rings is 1. The van der Waals surface area contributed by atoms with Gasteiger partial charge in [0, 0.05) is 19.2 Å². The molecule has 0 atom stereocenters. The fraction of sp³-hybridized carbons (Fsp3) is 0.421. The smallest absolute Gasteiger partial charge is 0.274 e. The Morgan fingerprint density at radius 1 is 0.893 bits per heavy atom. The first-order chi connectivity index (χ1) is 13.6. The van der Waals surface area contributed by atoms with E-state index in [9.17, 15) is 8.42 Å². The summed E-state index contributed by atoms with van der Waals surface area (Å²) >= 11 is 6.31. The van der Waals surface area contributed by atoms with E-state index in [-0.39, 0.29) is 4.90 Å². The highest BCUT2D eigenvalue weighted by Crippen LogP contribution is 2.26. The highest BCUT2D eigenvalue weighted by Gasteiger charge is 2.29. The van der Waals surface area contributed by atoms with Gasteiger partial charge in [-0.1, -0.05) is 23.7 Å². The second-order valence-electron chi connectivity index (χ2n) is 6.85. The number of aromatic amines is 1. The quantitative estimate of drug-likeness (QED) is 0.745. The van der Waals surface area contributed by atoms with Gasteiger partial charge in [-0.05, 0) is 18.2 Å². The van der Waals surface area contributed by atoms with E-state index < -0.39 is 10.0 Å². The maximum absolute atomic E-state index is 12.7. The minimum absolute atomic E-state index is 0.285. The summed E-state index contributed by atoms with van der Waals surface area (Å²) in [5, 5.41) is 0.764. The van der Waals surface area contributed by atoms with Crippen LogP contribution < -0.4 is 14.8 Å². The third kappa shape index (κ3) is 3.96. The summed E-state index contributed by atoms with van der Waals surface area (Å²) in [4.78, 5) is 7.94. The van der Waals surface area contributed by atoms with Crippen LogP contribution in [0.3, 0.4) is 0 Å². The van der Waals surface area contributed by atoms with Crippen molar-refractivity contribution in [1.82, 2.24) is 4.31 Å². The van der Waals surface area contributed by atoms with Gasteiger partial charge in [0.15, 0.2) is 0 Å². The molecule has 0 amide bonds. The number of ether oxygens (including phenoxy) is 1. The van der Waals surface area contributed by atoms with Gasteiger partial charge in [0.05, 0.1) is 37.0 Å². The summed E-state index contributed by atoms with van der Waals surface area (Å²) in [6, 6.07) is 11.4. The van der Waals surface area contributed by atoms with Crippen molar-refractivity contribution in [3.05, 3.63) is 47.6 Å². The Hall–Kier alpha value is -1.87. The number of benzene rings is 1. The van der Waals surface area contributed by atoms with Crippen LogP contribution in [-0.4, -0.2) is 65.2 Å². The van der Waals surface area contributed by atoms with Crippen molar-refractivity contribution < 1.29 is 18.1 Å². The van der Waals surface area contributed by atoms with Crippen LogP contribution in [-0.2, 0) is 14.8 Å². The van der Waals surface area contributed by atoms with Gasteiger partial charge in [-0.25, -0.2) is 13.4 Å². The number of nitrogens with one attached hydrogen (secondary N) is 1. The van der Waals surface area contributed by atoms with Crippen LogP contribution in [0.25, 0.3) is 0 Å². The molecule has 0 spiro atoms. The lowest BCUT2D eigenvalue weighted by atomic mass is 10.2. The zero-order valence-electron chi connectivity index (χ0n) is 15.6. The average molecular weight is 424 g/mol. The Morgan fingerprint density at radius 2 is 1.57 bits per heavy atom. The molecule has 0 bridgehead atoms. The molecule has 9 heteroatoms. The molecule has 7 nitrogen and oxygen atoms in total. The molecule has 150 valence electrons. The Kier molecular flexibility index (Phi) is 5.73. The zero-order chi connectivity index (χ0) is 19.6. The lowest BCUT2D eigenvalue weighted by Gasteiger charge is -2.33. The Morgan fingerprint density at radius 3 is 2.21 bits per heavy atom. The third-order valence-electron chi connectivity index (χ3n) is 5.19. The fourth-order valence-electron chi connectivity index (χ4n) is 3.59. The number of halogens is 1. The number of hydrogen-bond acceptors (Lipinski definition) is 5. The van der Waals surface area contributed by atoms with Gasteiger partial charge in [0.2, 0.25) is 10.0 Å². The molecular formula is C19H24ClN4O3S+. The van der Waals surface area contributed by atoms with Crippen LogP contribution in [0, 0.1) is 0 Å². The molecule has 2 saturated heterocycles. The summed E-state index contributed by atoms with van der Waals surface area (Å²) in [6.45, 7) is 5.04. The molecule has 1 aromatic heterocycles. The molecular weight excluding hydrogens is 400 g/mol. The van der Waals surface area contributed by atoms with E-state index in [2.05, 4.69) is 14.8 Å². The summed E-state index contributed by atoms with van der Waals surface area (Å²) in [5.74, 6) is 0.916. The summed E-state index contributed by atoms with van der Waals surface area (Å²) in [5.41, 5.74) is 1.06. The number of anilines is 2. The van der Waals surface area contributed by atoms with E-state index in [0.29, 0.717) is 26.3 Å². The van der Waals surface area contributed by atoms with Gasteiger partial charge in [-0.3, -0.25) is 4.90 Å². The third-order valence-corrected chi connectivity index (χ3v) is 7.40. The molecule has 0 unspecified atom stereocenters. The molecule has 4 rings (SSSR count). The summed E-state index contributed by atoms with van der Waals surface area (Å²) in [6.07, 6.45) is 1.58. The molecule has 3 heterocycles. The Bertz CT molecular complexity index is 909. The number of hydrogen-bond donors (Lipinski definition) is 0. The molecule has 0 radical (unpaired) electrons. The molecule has 2 fully saturated rings. The normalized spacial score (nSPS) is 19.0. The van der Waals surface area contributed by atoms with Crippen LogP contribution in [0.15, 0.2) is 47.5 Å². The monoisotopic (exact) mass is 423 g/mol. The first-order valence-corrected chi connectivity index (χ1v) is 11.2. The molecule has 0 aliphatic carbocycles. The number of rotatable bonds is 4. The van der Waals surface area contributed by atoms with Gasteiger partial charge in [-0.15, -0.1) is 0 Å². The molecule has 0 saturated carbocycles. The van der Waals surface area contributed by atoms with E-state index >= 15 is 0 Å². The standard InChI is InChI=1S/C19H23ClN4O3S/c20-17-3-1-2-4-18(17)22-7-9-23(10-8-22)19-6-5-16(15-21-19)28(25,26)24-11-13-27-14-12-24/h1-6,15H,7-14H2/p+1. The number of nitrogens with zero attached hydrogens (tertiary/aromatic N) is 3. The van der Waals surface area contributed by atoms with Gasteiger partial charge in [-0.2, -0.15) is 4.31 Å². The van der Waals surface area contributed by atoms with Gasteiger partial charge in [0.1, 0.15) is 24.2 Å². The molecule has 2 aliphatic rings. The Balaban J connectivity index is 1.42. The number of pyridine rings is 1. The number of piperazine rings is 1. The minimum atomic E-state index is -3.48. The number of aromatic nitrogens is 1. The highest BCUT2D eigenvalue weighted by atomic mass is 35.5. The largest absolute Gasteiger partial charge is 0.379 e. The SMILES string of the molecule is O=S(=O)(c1ccc(N2CCN(c3ccccc3Cl)CC2)[nH+]c1)N1CCOCC1. The maximum Gasteiger partial charge on any atom is 0.274 e. The number of H-pyrrole nitrogens is 1. The molecule has 2 aromatic rings. The first kappa shape index (κ1) is 19.4. The average Bonchev–Trinajstić information content (AvgIpc) is 2.75. The van der Waals surface area contributed by atoms with Crippen molar-refractivity contribution in [1.29, 1.82) is 0 Å². The topological polar surface area (TPSA) is 67.2 Å².